The second-order valence-corrected chi connectivity index (χ2v) is 5.85. The molecule has 1 fully saturated rings. The summed E-state index contributed by atoms with van der Waals surface area (Å²) < 4.78 is 37.8. The Hall–Kier alpha value is 0.230. The molecule has 0 aromatic rings. The van der Waals surface area contributed by atoms with E-state index >= 15 is 0 Å². The molecule has 5 heteroatoms. The highest BCUT2D eigenvalue weighted by molar-refractivity contribution is 9.09. The lowest BCUT2D eigenvalue weighted by Crippen LogP contribution is -2.42. The summed E-state index contributed by atoms with van der Waals surface area (Å²) >= 11 is 3.39. The van der Waals surface area contributed by atoms with Crippen molar-refractivity contribution < 1.29 is 13.2 Å². The van der Waals surface area contributed by atoms with Crippen LogP contribution in [0.3, 0.4) is 0 Å². The maximum Gasteiger partial charge on any atom is 0.393 e. The molecule has 1 saturated heterocycles. The van der Waals surface area contributed by atoms with Crippen molar-refractivity contribution in [3.63, 3.8) is 0 Å². The lowest BCUT2D eigenvalue weighted by atomic mass is 9.96. The van der Waals surface area contributed by atoms with Crippen LogP contribution in [0.15, 0.2) is 0 Å². The van der Waals surface area contributed by atoms with Crippen molar-refractivity contribution in [2.75, 3.05) is 25.0 Å². The number of alkyl halides is 4. The maximum atomic E-state index is 12.6. The minimum absolute atomic E-state index is 0.199. The molecule has 0 amide bonds. The fourth-order valence-electron chi connectivity index (χ4n) is 2.26. The Morgan fingerprint density at radius 1 is 1.35 bits per heavy atom. The summed E-state index contributed by atoms with van der Waals surface area (Å²) in [7, 11) is 0. The minimum Gasteiger partial charge on any atom is -0.303 e. The van der Waals surface area contributed by atoms with E-state index in [1.165, 1.54) is 0 Å². The average molecular weight is 316 g/mol. The first-order valence-electron chi connectivity index (χ1n) is 6.28. The van der Waals surface area contributed by atoms with E-state index < -0.39 is 12.1 Å². The zero-order valence-electron chi connectivity index (χ0n) is 10.3. The number of likely N-dealkylation sites (tertiary alicyclic amines) is 1. The molecule has 1 aliphatic heterocycles. The van der Waals surface area contributed by atoms with Gasteiger partial charge in [0.2, 0.25) is 0 Å². The summed E-state index contributed by atoms with van der Waals surface area (Å²) in [5.74, 6) is -0.525. The van der Waals surface area contributed by atoms with Crippen molar-refractivity contribution in [2.24, 2.45) is 11.8 Å². The normalized spacial score (nSPS) is 24.9. The van der Waals surface area contributed by atoms with Crippen LogP contribution in [0.2, 0.25) is 0 Å². The van der Waals surface area contributed by atoms with E-state index in [1.54, 1.807) is 0 Å². The monoisotopic (exact) mass is 315 g/mol. The fourth-order valence-corrected chi connectivity index (χ4v) is 3.04. The summed E-state index contributed by atoms with van der Waals surface area (Å²) in [6.07, 6.45) is -0.944. The summed E-state index contributed by atoms with van der Waals surface area (Å²) in [5, 5.41) is 0.972. The van der Waals surface area contributed by atoms with Crippen LogP contribution in [-0.4, -0.2) is 36.0 Å². The Labute approximate surface area is 110 Å². The van der Waals surface area contributed by atoms with Gasteiger partial charge < -0.3 is 4.90 Å². The first kappa shape index (κ1) is 15.3. The first-order valence-corrected chi connectivity index (χ1v) is 7.40. The van der Waals surface area contributed by atoms with Gasteiger partial charge in [-0.15, -0.1) is 0 Å². The third-order valence-electron chi connectivity index (χ3n) is 3.51. The molecule has 1 heterocycles. The topological polar surface area (TPSA) is 3.24 Å². The lowest BCUT2D eigenvalue weighted by molar-refractivity contribution is -0.186. The van der Waals surface area contributed by atoms with Gasteiger partial charge in [0.05, 0.1) is 5.92 Å². The molecule has 2 unspecified atom stereocenters. The highest BCUT2D eigenvalue weighted by atomic mass is 79.9. The van der Waals surface area contributed by atoms with Gasteiger partial charge in [-0.3, -0.25) is 0 Å². The smallest absolute Gasteiger partial charge is 0.303 e. The molecule has 1 aliphatic rings. The second-order valence-electron chi connectivity index (χ2n) is 5.05. The van der Waals surface area contributed by atoms with Gasteiger partial charge in [0.15, 0.2) is 0 Å². The van der Waals surface area contributed by atoms with E-state index in [-0.39, 0.29) is 6.54 Å². The summed E-state index contributed by atoms with van der Waals surface area (Å²) in [6, 6.07) is 0. The van der Waals surface area contributed by atoms with Crippen molar-refractivity contribution in [1.82, 2.24) is 4.90 Å². The first-order chi connectivity index (χ1) is 7.93. The average Bonchev–Trinajstić information content (AvgIpc) is 2.26. The molecule has 17 heavy (non-hydrogen) atoms. The molecule has 2 atom stereocenters. The van der Waals surface area contributed by atoms with Gasteiger partial charge in [-0.1, -0.05) is 22.9 Å². The number of hydrogen-bond acceptors (Lipinski definition) is 1. The molecule has 0 aromatic carbocycles. The highest BCUT2D eigenvalue weighted by Gasteiger charge is 2.41. The fraction of sp³-hybridized carbons (Fsp3) is 1.00. The summed E-state index contributed by atoms with van der Waals surface area (Å²) in [4.78, 5) is 1.98. The molecule has 0 spiro atoms. The molecular formula is C12H21BrF3N. The number of hydrogen-bond donors (Lipinski definition) is 0. The molecule has 1 rings (SSSR count). The van der Waals surface area contributed by atoms with Crippen LogP contribution in [-0.2, 0) is 0 Å². The van der Waals surface area contributed by atoms with E-state index in [4.69, 9.17) is 0 Å². The third kappa shape index (κ3) is 5.60. The molecule has 0 aliphatic carbocycles. The Bertz CT molecular complexity index is 220. The lowest BCUT2D eigenvalue weighted by Gasteiger charge is -2.34. The van der Waals surface area contributed by atoms with E-state index in [9.17, 15) is 13.2 Å². The molecule has 1 nitrogen and oxygen atoms in total. The van der Waals surface area contributed by atoms with Crippen LogP contribution in [0.4, 0.5) is 13.2 Å². The van der Waals surface area contributed by atoms with Crippen LogP contribution in [0, 0.1) is 11.8 Å². The predicted octanol–water partition coefficient (Wildman–Crippen LogP) is 4.07. The predicted molar refractivity (Wildman–Crippen MR) is 67.4 cm³/mol. The van der Waals surface area contributed by atoms with Crippen molar-refractivity contribution in [2.45, 2.75) is 38.8 Å². The zero-order chi connectivity index (χ0) is 12.9. The van der Waals surface area contributed by atoms with Crippen LogP contribution in [0.1, 0.15) is 32.6 Å². The highest BCUT2D eigenvalue weighted by Crippen LogP contribution is 2.33. The second kappa shape index (κ2) is 6.98. The molecule has 0 aromatic heterocycles. The Balaban J connectivity index is 2.30. The molecule has 0 saturated carbocycles. The number of piperidine rings is 1. The summed E-state index contributed by atoms with van der Waals surface area (Å²) in [6.45, 7) is 3.99. The van der Waals surface area contributed by atoms with Crippen LogP contribution < -0.4 is 0 Å². The summed E-state index contributed by atoms with van der Waals surface area (Å²) in [5.41, 5.74) is 0. The van der Waals surface area contributed by atoms with E-state index in [2.05, 4.69) is 22.9 Å². The Morgan fingerprint density at radius 3 is 2.65 bits per heavy atom. The van der Waals surface area contributed by atoms with E-state index in [0.29, 0.717) is 18.8 Å². The molecule has 0 N–H and O–H groups in total. The maximum absolute atomic E-state index is 12.6. The van der Waals surface area contributed by atoms with Gasteiger partial charge in [0, 0.05) is 11.9 Å². The van der Waals surface area contributed by atoms with Crippen molar-refractivity contribution in [1.29, 1.82) is 0 Å². The zero-order valence-corrected chi connectivity index (χ0v) is 11.9. The Kier molecular flexibility index (Phi) is 6.27. The SMILES string of the molecule is CC(CCBr)CCN1CCCC(C(F)(F)F)C1. The molecule has 0 bridgehead atoms. The largest absolute Gasteiger partial charge is 0.393 e. The third-order valence-corrected chi connectivity index (χ3v) is 3.97. The van der Waals surface area contributed by atoms with Crippen molar-refractivity contribution in [3.8, 4) is 0 Å². The van der Waals surface area contributed by atoms with E-state index in [1.807, 2.05) is 4.90 Å². The van der Waals surface area contributed by atoms with Gasteiger partial charge in [0.25, 0.3) is 0 Å². The van der Waals surface area contributed by atoms with Crippen LogP contribution in [0.5, 0.6) is 0 Å². The molecule has 0 radical (unpaired) electrons. The Morgan fingerprint density at radius 2 is 2.06 bits per heavy atom. The standard InChI is InChI=1S/C12H21BrF3N/c1-10(4-6-13)5-8-17-7-2-3-11(9-17)12(14,15)16/h10-11H,2-9H2,1H3. The minimum atomic E-state index is -4.01. The number of rotatable bonds is 5. The van der Waals surface area contributed by atoms with Gasteiger partial charge >= 0.3 is 6.18 Å². The van der Waals surface area contributed by atoms with Crippen LogP contribution >= 0.6 is 15.9 Å². The van der Waals surface area contributed by atoms with Gasteiger partial charge in [-0.2, -0.15) is 13.2 Å². The number of halogens is 4. The van der Waals surface area contributed by atoms with Crippen LogP contribution in [0.25, 0.3) is 0 Å². The van der Waals surface area contributed by atoms with Gasteiger partial charge in [0.1, 0.15) is 0 Å². The van der Waals surface area contributed by atoms with Crippen molar-refractivity contribution >= 4 is 15.9 Å². The van der Waals surface area contributed by atoms with Gasteiger partial charge in [-0.05, 0) is 44.7 Å². The van der Waals surface area contributed by atoms with Crippen molar-refractivity contribution in [3.05, 3.63) is 0 Å². The molecular weight excluding hydrogens is 295 g/mol. The quantitative estimate of drug-likeness (QED) is 0.691. The van der Waals surface area contributed by atoms with Gasteiger partial charge in [-0.25, -0.2) is 0 Å². The van der Waals surface area contributed by atoms with E-state index in [0.717, 1.165) is 31.3 Å². The number of nitrogens with zero attached hydrogens (tertiary/aromatic N) is 1. The molecule has 102 valence electrons.